The molecule has 0 N–H and O–H groups in total. The molecule has 0 saturated heterocycles. The number of benzene rings is 6. The van der Waals surface area contributed by atoms with Crippen LogP contribution in [0.15, 0.2) is 158 Å². The molecule has 8 rings (SSSR count). The highest BCUT2D eigenvalue weighted by molar-refractivity contribution is 7.00. The molecule has 0 saturated carbocycles. The van der Waals surface area contributed by atoms with Gasteiger partial charge in [0, 0.05) is 10.8 Å². The van der Waals surface area contributed by atoms with Gasteiger partial charge in [0.2, 0.25) is 0 Å². The molecule has 0 unspecified atom stereocenters. The van der Waals surface area contributed by atoms with Crippen LogP contribution in [0.3, 0.4) is 0 Å². The van der Waals surface area contributed by atoms with E-state index in [1.54, 1.807) is 5.19 Å². The number of rotatable bonds is 18. The summed E-state index contributed by atoms with van der Waals surface area (Å²) < 4.78 is 26.7. The van der Waals surface area contributed by atoms with E-state index in [0.717, 1.165) is 25.7 Å². The van der Waals surface area contributed by atoms with Gasteiger partial charge in [0.15, 0.2) is 0 Å². The van der Waals surface area contributed by atoms with Crippen LogP contribution in [0, 0.1) is 10.8 Å². The Labute approximate surface area is 340 Å². The van der Waals surface area contributed by atoms with Crippen LogP contribution in [-0.2, 0) is 71.1 Å². The minimum absolute atomic E-state index is 0.171. The van der Waals surface area contributed by atoms with E-state index in [4.69, 9.17) is 18.9 Å². The summed E-state index contributed by atoms with van der Waals surface area (Å²) in [5, 5.41) is 3.02. The Kier molecular flexibility index (Phi) is 12.3. The molecular weight excluding hydrogens is 717 g/mol. The van der Waals surface area contributed by atoms with Crippen LogP contribution in [0.2, 0.25) is 13.1 Å². The van der Waals surface area contributed by atoms with Crippen LogP contribution in [0.4, 0.5) is 0 Å². The molecule has 6 aromatic carbocycles. The zero-order chi connectivity index (χ0) is 39.0. The Morgan fingerprint density at radius 2 is 0.737 bits per heavy atom. The summed E-state index contributed by atoms with van der Waals surface area (Å²) in [6, 6.07) is 56.0. The summed E-state index contributed by atoms with van der Waals surface area (Å²) >= 11 is 0. The molecule has 5 heteroatoms. The summed E-state index contributed by atoms with van der Waals surface area (Å²) in [5.41, 5.74) is 10.5. The molecule has 0 aromatic heterocycles. The molecule has 2 aliphatic rings. The normalized spacial score (nSPS) is 15.3. The van der Waals surface area contributed by atoms with Crippen molar-refractivity contribution in [3.05, 3.63) is 202 Å². The quantitative estimate of drug-likeness (QED) is 0.0817. The highest BCUT2D eigenvalue weighted by Gasteiger charge is 2.47. The topological polar surface area (TPSA) is 36.9 Å². The maximum atomic E-state index is 6.69. The van der Waals surface area contributed by atoms with E-state index in [-0.39, 0.29) is 10.8 Å². The Morgan fingerprint density at radius 3 is 1.14 bits per heavy atom. The smallest absolute Gasteiger partial charge is 0.112 e. The molecule has 0 heterocycles. The second-order valence-electron chi connectivity index (χ2n) is 17.1. The van der Waals surface area contributed by atoms with Gasteiger partial charge < -0.3 is 18.9 Å². The largest absolute Gasteiger partial charge is 0.376 e. The van der Waals surface area contributed by atoms with Gasteiger partial charge in [-0.3, -0.25) is 0 Å². The highest BCUT2D eigenvalue weighted by atomic mass is 28.3. The Hall–Kier alpha value is -4.62. The van der Waals surface area contributed by atoms with Crippen molar-refractivity contribution >= 4 is 18.4 Å². The minimum atomic E-state index is -2.12. The molecule has 0 fully saturated rings. The zero-order valence-corrected chi connectivity index (χ0v) is 34.6. The first-order chi connectivity index (χ1) is 27.9. The van der Waals surface area contributed by atoms with E-state index in [1.165, 1.54) is 49.7 Å². The van der Waals surface area contributed by atoms with Gasteiger partial charge in [0.05, 0.1) is 52.9 Å². The van der Waals surface area contributed by atoms with Crippen molar-refractivity contribution in [2.24, 2.45) is 10.8 Å². The van der Waals surface area contributed by atoms with Crippen molar-refractivity contribution in [3.63, 3.8) is 0 Å². The third-order valence-corrected chi connectivity index (χ3v) is 15.8. The Bertz CT molecular complexity index is 2080. The SMILES string of the molecule is C[Si](C)(c1ccccc1)c1cc2c(c3c1CC(COCc1ccccc1)(COCc1ccccc1)C3)CC(COCc1ccccc1)(COCc1ccccc1)C2. The lowest BCUT2D eigenvalue weighted by molar-refractivity contribution is -0.0294. The summed E-state index contributed by atoms with van der Waals surface area (Å²) in [6.45, 7) is 10.00. The molecular formula is C52H56O4Si. The Balaban J connectivity index is 1.14. The predicted octanol–water partition coefficient (Wildman–Crippen LogP) is 9.55. The van der Waals surface area contributed by atoms with Gasteiger partial charge in [-0.15, -0.1) is 0 Å². The Morgan fingerprint density at radius 1 is 0.404 bits per heavy atom. The molecule has 6 aromatic rings. The molecule has 0 aliphatic heterocycles. The van der Waals surface area contributed by atoms with Crippen LogP contribution >= 0.6 is 0 Å². The standard InChI is InChI=1S/C52H56O4Si/c1-57(2,46-26-16-7-17-27-46)50-28-45-29-51(37-53-33-41-18-8-3-9-19-41,38-54-34-42-20-10-4-11-21-42)30-47(45)48-31-52(32-49(48)50,39-55-35-43-22-12-5-13-23-43)40-56-36-44-24-14-6-15-25-44/h3-28H,29-40H2,1-2H3. The van der Waals surface area contributed by atoms with Gasteiger partial charge in [0.25, 0.3) is 0 Å². The molecule has 292 valence electrons. The number of hydrogen-bond acceptors (Lipinski definition) is 4. The third kappa shape index (κ3) is 9.41. The number of ether oxygens (including phenoxy) is 4. The second kappa shape index (κ2) is 17.9. The fraction of sp³-hybridized carbons (Fsp3) is 0.308. The average molecular weight is 773 g/mol. The first kappa shape index (κ1) is 39.2. The van der Waals surface area contributed by atoms with Gasteiger partial charge in [-0.2, -0.15) is 0 Å². The summed E-state index contributed by atoms with van der Waals surface area (Å²) in [7, 11) is -2.12. The summed E-state index contributed by atoms with van der Waals surface area (Å²) in [5.74, 6) is 0. The summed E-state index contributed by atoms with van der Waals surface area (Å²) in [6.07, 6.45) is 3.76. The number of fused-ring (bicyclic) bond motifs is 3. The van der Waals surface area contributed by atoms with Crippen molar-refractivity contribution in [3.8, 4) is 0 Å². The van der Waals surface area contributed by atoms with E-state index in [2.05, 4.69) is 171 Å². The first-order valence-corrected chi connectivity index (χ1v) is 23.6. The third-order valence-electron chi connectivity index (χ3n) is 12.2. The average Bonchev–Trinajstić information content (AvgIpc) is 3.81. The van der Waals surface area contributed by atoms with Gasteiger partial charge in [0.1, 0.15) is 8.07 Å². The predicted molar refractivity (Wildman–Crippen MR) is 234 cm³/mol. The molecule has 0 bridgehead atoms. The van der Waals surface area contributed by atoms with Crippen molar-refractivity contribution in [2.75, 3.05) is 26.4 Å². The van der Waals surface area contributed by atoms with E-state index in [1.807, 2.05) is 0 Å². The van der Waals surface area contributed by atoms with Crippen LogP contribution in [0.25, 0.3) is 0 Å². The van der Waals surface area contributed by atoms with Crippen LogP contribution in [0.1, 0.15) is 44.5 Å². The molecule has 0 amide bonds. The molecule has 2 aliphatic carbocycles. The lowest BCUT2D eigenvalue weighted by Gasteiger charge is -2.30. The molecule has 0 radical (unpaired) electrons. The van der Waals surface area contributed by atoms with Gasteiger partial charge in [-0.1, -0.05) is 181 Å². The lowest BCUT2D eigenvalue weighted by Crippen LogP contribution is -2.54. The van der Waals surface area contributed by atoms with Crippen LogP contribution in [0.5, 0.6) is 0 Å². The molecule has 4 nitrogen and oxygen atoms in total. The molecule has 0 atom stereocenters. The van der Waals surface area contributed by atoms with Crippen LogP contribution < -0.4 is 10.4 Å². The van der Waals surface area contributed by atoms with E-state index in [9.17, 15) is 0 Å². The lowest BCUT2D eigenvalue weighted by atomic mass is 9.84. The van der Waals surface area contributed by atoms with Gasteiger partial charge in [-0.25, -0.2) is 0 Å². The van der Waals surface area contributed by atoms with Crippen molar-refractivity contribution in [1.29, 1.82) is 0 Å². The molecule has 0 spiro atoms. The van der Waals surface area contributed by atoms with Crippen molar-refractivity contribution in [1.82, 2.24) is 0 Å². The first-order valence-electron chi connectivity index (χ1n) is 20.6. The van der Waals surface area contributed by atoms with E-state index >= 15 is 0 Å². The number of hydrogen-bond donors (Lipinski definition) is 0. The monoisotopic (exact) mass is 772 g/mol. The summed E-state index contributed by atoms with van der Waals surface area (Å²) in [4.78, 5) is 0. The van der Waals surface area contributed by atoms with Gasteiger partial charge >= 0.3 is 0 Å². The molecule has 57 heavy (non-hydrogen) atoms. The fourth-order valence-electron chi connectivity index (χ4n) is 9.23. The van der Waals surface area contributed by atoms with Gasteiger partial charge in [-0.05, 0) is 70.2 Å². The van der Waals surface area contributed by atoms with Crippen LogP contribution in [-0.4, -0.2) is 34.5 Å². The maximum absolute atomic E-state index is 6.69. The van der Waals surface area contributed by atoms with Crippen molar-refractivity contribution < 1.29 is 18.9 Å². The maximum Gasteiger partial charge on any atom is 0.112 e. The highest BCUT2D eigenvalue weighted by Crippen LogP contribution is 2.47. The second-order valence-corrected chi connectivity index (χ2v) is 21.5. The fourth-order valence-corrected chi connectivity index (χ4v) is 12.1. The van der Waals surface area contributed by atoms with Crippen molar-refractivity contribution in [2.45, 2.75) is 65.2 Å². The van der Waals surface area contributed by atoms with E-state index < -0.39 is 8.07 Å². The minimum Gasteiger partial charge on any atom is -0.376 e. The zero-order valence-electron chi connectivity index (χ0n) is 33.6. The van der Waals surface area contributed by atoms with E-state index in [0.29, 0.717) is 52.9 Å².